The molecule has 0 radical (unpaired) electrons. The predicted octanol–water partition coefficient (Wildman–Crippen LogP) is 2.68. The molecule has 0 unspecified atom stereocenters. The molecule has 1 aromatic rings. The third-order valence-electron chi connectivity index (χ3n) is 4.70. The highest BCUT2D eigenvalue weighted by Crippen LogP contribution is 2.23. The molecular formula is C17H24N2O3. The molecule has 0 aliphatic carbocycles. The Hall–Kier alpha value is -1.78. The van der Waals surface area contributed by atoms with Crippen LogP contribution in [0.5, 0.6) is 0 Å². The molecule has 2 aliphatic rings. The van der Waals surface area contributed by atoms with Gasteiger partial charge in [-0.15, -0.1) is 0 Å². The van der Waals surface area contributed by atoms with E-state index in [1.807, 2.05) is 4.90 Å². The third-order valence-corrected chi connectivity index (χ3v) is 4.70. The maximum atomic E-state index is 12.9. The number of carbonyl (C=O) groups excluding carboxylic acids is 2. The molecule has 22 heavy (non-hydrogen) atoms. The van der Waals surface area contributed by atoms with Crippen molar-refractivity contribution in [1.82, 2.24) is 9.80 Å². The molecular weight excluding hydrogens is 280 g/mol. The van der Waals surface area contributed by atoms with Crippen LogP contribution in [-0.4, -0.2) is 47.3 Å². The summed E-state index contributed by atoms with van der Waals surface area (Å²) >= 11 is 0. The van der Waals surface area contributed by atoms with Crippen LogP contribution in [0.1, 0.15) is 55.5 Å². The lowest BCUT2D eigenvalue weighted by molar-refractivity contribution is -0.135. The Morgan fingerprint density at radius 1 is 1.00 bits per heavy atom. The maximum Gasteiger partial charge on any atom is 0.290 e. The lowest BCUT2D eigenvalue weighted by atomic mass is 10.1. The van der Waals surface area contributed by atoms with Gasteiger partial charge in [0, 0.05) is 19.6 Å². The van der Waals surface area contributed by atoms with Gasteiger partial charge in [0.15, 0.2) is 5.76 Å². The first-order valence-electron chi connectivity index (χ1n) is 8.40. The van der Waals surface area contributed by atoms with Crippen molar-refractivity contribution in [3.8, 4) is 0 Å². The Labute approximate surface area is 131 Å². The molecule has 2 amide bonds. The Morgan fingerprint density at radius 2 is 1.73 bits per heavy atom. The van der Waals surface area contributed by atoms with Crippen molar-refractivity contribution in [2.45, 2.75) is 51.0 Å². The summed E-state index contributed by atoms with van der Waals surface area (Å²) in [6.45, 7) is 2.31. The van der Waals surface area contributed by atoms with Gasteiger partial charge in [0.25, 0.3) is 5.91 Å². The first-order chi connectivity index (χ1) is 10.8. The van der Waals surface area contributed by atoms with Gasteiger partial charge in [0.1, 0.15) is 6.04 Å². The third kappa shape index (κ3) is 3.18. The summed E-state index contributed by atoms with van der Waals surface area (Å²) in [5, 5.41) is 0. The van der Waals surface area contributed by atoms with E-state index in [9.17, 15) is 9.59 Å². The van der Waals surface area contributed by atoms with Gasteiger partial charge < -0.3 is 14.2 Å². The van der Waals surface area contributed by atoms with Crippen LogP contribution < -0.4 is 0 Å². The van der Waals surface area contributed by atoms with E-state index in [4.69, 9.17) is 4.42 Å². The molecule has 2 saturated heterocycles. The van der Waals surface area contributed by atoms with Crippen molar-refractivity contribution in [2.24, 2.45) is 0 Å². The van der Waals surface area contributed by atoms with Crippen molar-refractivity contribution in [3.63, 3.8) is 0 Å². The molecule has 5 heteroatoms. The molecule has 5 nitrogen and oxygen atoms in total. The molecule has 1 atom stereocenters. The maximum absolute atomic E-state index is 12.9. The summed E-state index contributed by atoms with van der Waals surface area (Å²) < 4.78 is 5.20. The van der Waals surface area contributed by atoms with E-state index < -0.39 is 0 Å². The van der Waals surface area contributed by atoms with Crippen LogP contribution in [0, 0.1) is 0 Å². The van der Waals surface area contributed by atoms with Crippen LogP contribution in [-0.2, 0) is 4.79 Å². The largest absolute Gasteiger partial charge is 0.459 e. The van der Waals surface area contributed by atoms with Gasteiger partial charge in [0.05, 0.1) is 6.26 Å². The van der Waals surface area contributed by atoms with E-state index in [2.05, 4.69) is 0 Å². The van der Waals surface area contributed by atoms with Gasteiger partial charge in [-0.3, -0.25) is 9.59 Å². The molecule has 0 spiro atoms. The highest BCUT2D eigenvalue weighted by atomic mass is 16.3. The number of hydrogen-bond acceptors (Lipinski definition) is 3. The Bertz CT molecular complexity index is 504. The van der Waals surface area contributed by atoms with Crippen LogP contribution in [0.25, 0.3) is 0 Å². The fraction of sp³-hybridized carbons (Fsp3) is 0.647. The molecule has 0 aromatic carbocycles. The van der Waals surface area contributed by atoms with Crippen LogP contribution in [0.3, 0.4) is 0 Å². The highest BCUT2D eigenvalue weighted by Gasteiger charge is 2.37. The Balaban J connectivity index is 1.69. The number of hydrogen-bond donors (Lipinski definition) is 0. The first kappa shape index (κ1) is 15.1. The summed E-state index contributed by atoms with van der Waals surface area (Å²) in [6, 6.07) is 3.06. The summed E-state index contributed by atoms with van der Waals surface area (Å²) in [5.74, 6) is 0.291. The molecule has 0 N–H and O–H groups in total. The second kappa shape index (κ2) is 6.99. The molecule has 3 rings (SSSR count). The lowest BCUT2D eigenvalue weighted by Gasteiger charge is -2.31. The van der Waals surface area contributed by atoms with Crippen LogP contribution in [0.4, 0.5) is 0 Å². The molecule has 2 fully saturated rings. The van der Waals surface area contributed by atoms with E-state index >= 15 is 0 Å². The zero-order valence-corrected chi connectivity index (χ0v) is 13.0. The monoisotopic (exact) mass is 304 g/mol. The smallest absolute Gasteiger partial charge is 0.290 e. The number of nitrogens with zero attached hydrogens (tertiary/aromatic N) is 2. The van der Waals surface area contributed by atoms with E-state index in [-0.39, 0.29) is 17.9 Å². The van der Waals surface area contributed by atoms with Gasteiger partial charge >= 0.3 is 0 Å². The van der Waals surface area contributed by atoms with Crippen molar-refractivity contribution >= 4 is 11.8 Å². The summed E-state index contributed by atoms with van der Waals surface area (Å²) in [7, 11) is 0. The minimum absolute atomic E-state index is 0.124. The molecule has 2 aliphatic heterocycles. The van der Waals surface area contributed by atoms with Crippen LogP contribution >= 0.6 is 0 Å². The molecule has 1 aromatic heterocycles. The topological polar surface area (TPSA) is 53.8 Å². The standard InChI is InChI=1S/C17H24N2O3/c20-16(18-10-4-2-1-3-5-11-18)14-8-6-12-19(14)17(21)15-9-7-13-22-15/h7,9,13-14H,1-6,8,10-12H2/t14-/m1/s1. The number of amides is 2. The quantitative estimate of drug-likeness (QED) is 0.844. The normalized spacial score (nSPS) is 23.2. The summed E-state index contributed by atoms with van der Waals surface area (Å²) in [5.41, 5.74) is 0. The van der Waals surface area contributed by atoms with Crippen LogP contribution in [0.2, 0.25) is 0 Å². The van der Waals surface area contributed by atoms with E-state index in [0.717, 1.165) is 38.8 Å². The van der Waals surface area contributed by atoms with Crippen molar-refractivity contribution in [3.05, 3.63) is 24.2 Å². The zero-order chi connectivity index (χ0) is 15.4. The summed E-state index contributed by atoms with van der Waals surface area (Å²) in [4.78, 5) is 29.0. The second-order valence-electron chi connectivity index (χ2n) is 6.23. The number of carbonyl (C=O) groups is 2. The number of likely N-dealkylation sites (tertiary alicyclic amines) is 2. The molecule has 120 valence electrons. The Morgan fingerprint density at radius 3 is 2.41 bits per heavy atom. The average molecular weight is 304 g/mol. The van der Waals surface area contributed by atoms with E-state index in [0.29, 0.717) is 12.3 Å². The second-order valence-corrected chi connectivity index (χ2v) is 6.23. The van der Waals surface area contributed by atoms with Crippen molar-refractivity contribution < 1.29 is 14.0 Å². The fourth-order valence-electron chi connectivity index (χ4n) is 3.49. The molecule has 0 saturated carbocycles. The van der Waals surface area contributed by atoms with Crippen LogP contribution in [0.15, 0.2) is 22.8 Å². The van der Waals surface area contributed by atoms with Crippen molar-refractivity contribution in [2.75, 3.05) is 19.6 Å². The first-order valence-corrected chi connectivity index (χ1v) is 8.40. The molecule has 0 bridgehead atoms. The highest BCUT2D eigenvalue weighted by molar-refractivity contribution is 5.96. The van der Waals surface area contributed by atoms with Gasteiger partial charge in [-0.05, 0) is 37.8 Å². The van der Waals surface area contributed by atoms with Gasteiger partial charge in [0.2, 0.25) is 5.91 Å². The fourth-order valence-corrected chi connectivity index (χ4v) is 3.49. The lowest BCUT2D eigenvalue weighted by Crippen LogP contribution is -2.48. The van der Waals surface area contributed by atoms with E-state index in [1.54, 1.807) is 17.0 Å². The van der Waals surface area contributed by atoms with Gasteiger partial charge in [-0.1, -0.05) is 19.3 Å². The SMILES string of the molecule is O=C([C@H]1CCCN1C(=O)c1ccco1)N1CCCCCCC1. The Kier molecular flexibility index (Phi) is 4.80. The summed E-state index contributed by atoms with van der Waals surface area (Å²) in [6.07, 6.45) is 8.97. The minimum atomic E-state index is -0.308. The van der Waals surface area contributed by atoms with Gasteiger partial charge in [-0.2, -0.15) is 0 Å². The number of furan rings is 1. The average Bonchev–Trinajstić information content (AvgIpc) is 3.17. The van der Waals surface area contributed by atoms with Crippen molar-refractivity contribution in [1.29, 1.82) is 0 Å². The molecule has 3 heterocycles. The minimum Gasteiger partial charge on any atom is -0.459 e. The van der Waals surface area contributed by atoms with Gasteiger partial charge in [-0.25, -0.2) is 0 Å². The number of rotatable bonds is 2. The van der Waals surface area contributed by atoms with E-state index in [1.165, 1.54) is 25.5 Å². The zero-order valence-electron chi connectivity index (χ0n) is 13.0. The predicted molar refractivity (Wildman–Crippen MR) is 82.4 cm³/mol.